The highest BCUT2D eigenvalue weighted by atomic mass is 35.5. The van der Waals surface area contributed by atoms with Gasteiger partial charge in [0.2, 0.25) is 6.79 Å². The zero-order valence-electron chi connectivity index (χ0n) is 24.1. The Bertz CT molecular complexity index is 2250. The molecule has 1 N–H and O–H groups in total. The summed E-state index contributed by atoms with van der Waals surface area (Å²) in [5, 5.41) is 9.73. The van der Waals surface area contributed by atoms with Gasteiger partial charge in [-0.05, 0) is 55.0 Å². The molecule has 4 heterocycles. The molecule has 0 unspecified atom stereocenters. The van der Waals surface area contributed by atoms with Gasteiger partial charge in [0, 0.05) is 17.2 Å². The summed E-state index contributed by atoms with van der Waals surface area (Å²) in [6.45, 7) is 1.91. The van der Waals surface area contributed by atoms with Crippen LogP contribution in [0.4, 0.5) is 0 Å². The van der Waals surface area contributed by atoms with Crippen molar-refractivity contribution in [3.05, 3.63) is 132 Å². The van der Waals surface area contributed by atoms with E-state index in [-0.39, 0.29) is 24.5 Å². The molecular weight excluding hydrogens is 632 g/mol. The van der Waals surface area contributed by atoms with Gasteiger partial charge in [-0.15, -0.1) is 0 Å². The van der Waals surface area contributed by atoms with Crippen LogP contribution < -0.4 is 24.4 Å². The minimum absolute atomic E-state index is 0.0563. The average molecular weight is 655 g/mol. The predicted octanol–water partition coefficient (Wildman–Crippen LogP) is 5.28. The molecular formula is C34H23ClN2O8S. The van der Waals surface area contributed by atoms with Crippen LogP contribution in [0.2, 0.25) is 5.02 Å². The molecule has 0 saturated heterocycles. The lowest BCUT2D eigenvalue weighted by Crippen LogP contribution is -2.40. The van der Waals surface area contributed by atoms with Crippen LogP contribution in [0.25, 0.3) is 23.1 Å². The second-order valence-electron chi connectivity index (χ2n) is 10.2. The Balaban J connectivity index is 1.41. The van der Waals surface area contributed by atoms with E-state index in [2.05, 4.69) is 0 Å². The molecule has 3 aromatic carbocycles. The molecule has 2 aliphatic heterocycles. The van der Waals surface area contributed by atoms with Gasteiger partial charge in [-0.1, -0.05) is 59.3 Å². The molecule has 0 aliphatic carbocycles. The van der Waals surface area contributed by atoms with Crippen LogP contribution >= 0.6 is 22.9 Å². The van der Waals surface area contributed by atoms with Gasteiger partial charge in [0.25, 0.3) is 5.56 Å². The van der Waals surface area contributed by atoms with E-state index in [1.807, 2.05) is 30.3 Å². The Labute approximate surface area is 269 Å². The zero-order chi connectivity index (χ0) is 31.9. The van der Waals surface area contributed by atoms with E-state index in [0.29, 0.717) is 59.8 Å². The molecule has 230 valence electrons. The Morgan fingerprint density at radius 3 is 2.65 bits per heavy atom. The first kappa shape index (κ1) is 29.3. The molecule has 0 spiro atoms. The molecule has 46 heavy (non-hydrogen) atoms. The third-order valence-electron chi connectivity index (χ3n) is 7.46. The quantitative estimate of drug-likeness (QED) is 0.235. The summed E-state index contributed by atoms with van der Waals surface area (Å²) >= 11 is 7.49. The van der Waals surface area contributed by atoms with E-state index in [0.717, 1.165) is 11.3 Å². The van der Waals surface area contributed by atoms with Crippen LogP contribution in [0.15, 0.2) is 98.6 Å². The molecule has 0 saturated carbocycles. The van der Waals surface area contributed by atoms with E-state index >= 15 is 0 Å². The molecule has 5 aromatic rings. The normalized spacial score (nSPS) is 15.4. The van der Waals surface area contributed by atoms with Gasteiger partial charge in [-0.25, -0.2) is 14.6 Å². The number of halogens is 1. The van der Waals surface area contributed by atoms with E-state index in [4.69, 9.17) is 35.2 Å². The monoisotopic (exact) mass is 654 g/mol. The Kier molecular flexibility index (Phi) is 7.55. The third kappa shape index (κ3) is 5.19. The van der Waals surface area contributed by atoms with Crippen LogP contribution in [0.5, 0.6) is 11.5 Å². The molecule has 12 heteroatoms. The summed E-state index contributed by atoms with van der Waals surface area (Å²) in [7, 11) is 0. The van der Waals surface area contributed by atoms with Gasteiger partial charge in [0.15, 0.2) is 16.3 Å². The molecule has 0 amide bonds. The van der Waals surface area contributed by atoms with Crippen molar-refractivity contribution in [3.8, 4) is 22.8 Å². The Morgan fingerprint density at radius 2 is 1.87 bits per heavy atom. The molecule has 7 rings (SSSR count). The first-order valence-electron chi connectivity index (χ1n) is 14.1. The van der Waals surface area contributed by atoms with Gasteiger partial charge in [0.1, 0.15) is 11.5 Å². The Hall–Kier alpha value is -5.39. The summed E-state index contributed by atoms with van der Waals surface area (Å²) < 4.78 is 24.4. The van der Waals surface area contributed by atoms with Gasteiger partial charge in [0.05, 0.1) is 39.0 Å². The largest absolute Gasteiger partial charge is 0.478 e. The minimum atomic E-state index is -1.10. The summed E-state index contributed by atoms with van der Waals surface area (Å²) in [6, 6.07) is 21.3. The van der Waals surface area contributed by atoms with Crippen LogP contribution in [-0.4, -0.2) is 35.0 Å². The average Bonchev–Trinajstić information content (AvgIpc) is 3.80. The smallest absolute Gasteiger partial charge is 0.338 e. The number of aromatic nitrogens is 1. The molecule has 10 nitrogen and oxygen atoms in total. The summed E-state index contributed by atoms with van der Waals surface area (Å²) in [4.78, 5) is 44.6. The van der Waals surface area contributed by atoms with E-state index < -0.39 is 23.5 Å². The number of rotatable bonds is 7. The maximum absolute atomic E-state index is 14.2. The van der Waals surface area contributed by atoms with Gasteiger partial charge < -0.3 is 23.7 Å². The highest BCUT2D eigenvalue weighted by molar-refractivity contribution is 7.07. The van der Waals surface area contributed by atoms with Crippen molar-refractivity contribution >= 4 is 46.6 Å². The predicted molar refractivity (Wildman–Crippen MR) is 170 cm³/mol. The molecule has 0 radical (unpaired) electrons. The number of esters is 1. The molecule has 0 fully saturated rings. The van der Waals surface area contributed by atoms with Crippen molar-refractivity contribution in [2.75, 3.05) is 13.4 Å². The van der Waals surface area contributed by atoms with E-state index in [1.165, 1.54) is 22.8 Å². The molecule has 2 aliphatic rings. The summed E-state index contributed by atoms with van der Waals surface area (Å²) in [5.41, 5.74) is 1.95. The SMILES string of the molecule is CCOC(=O)C1=C(c2ccccc2)N=c2s/c(=C\c3ccc(-c4cc(C(=O)O)ccc4Cl)o3)c(=O)n2[C@H]1c1ccc2c(c1)OCO2. The highest BCUT2D eigenvalue weighted by Gasteiger charge is 2.36. The number of hydrogen-bond acceptors (Lipinski definition) is 9. The lowest BCUT2D eigenvalue weighted by Gasteiger charge is -2.26. The van der Waals surface area contributed by atoms with Crippen LogP contribution in [0.3, 0.4) is 0 Å². The number of ether oxygens (including phenoxy) is 3. The van der Waals surface area contributed by atoms with Crippen LogP contribution in [0, 0.1) is 0 Å². The van der Waals surface area contributed by atoms with Gasteiger partial charge in [-0.3, -0.25) is 9.36 Å². The number of furan rings is 1. The van der Waals surface area contributed by atoms with Crippen LogP contribution in [-0.2, 0) is 9.53 Å². The maximum Gasteiger partial charge on any atom is 0.338 e. The van der Waals surface area contributed by atoms with Crippen molar-refractivity contribution in [1.82, 2.24) is 4.57 Å². The van der Waals surface area contributed by atoms with Gasteiger partial charge >= 0.3 is 11.9 Å². The minimum Gasteiger partial charge on any atom is -0.478 e. The number of benzene rings is 3. The number of aromatic carboxylic acids is 1. The maximum atomic E-state index is 14.2. The fourth-order valence-corrected chi connectivity index (χ4v) is 6.58. The first-order chi connectivity index (χ1) is 22.3. The molecule has 2 aromatic heterocycles. The van der Waals surface area contributed by atoms with E-state index in [9.17, 15) is 19.5 Å². The topological polar surface area (TPSA) is 130 Å². The van der Waals surface area contributed by atoms with Crippen molar-refractivity contribution in [2.45, 2.75) is 13.0 Å². The number of hydrogen-bond donors (Lipinski definition) is 1. The first-order valence-corrected chi connectivity index (χ1v) is 15.3. The Morgan fingerprint density at radius 1 is 1.07 bits per heavy atom. The van der Waals surface area contributed by atoms with Crippen LogP contribution in [0.1, 0.15) is 40.2 Å². The second kappa shape index (κ2) is 11.8. The van der Waals surface area contributed by atoms with Gasteiger partial charge in [-0.2, -0.15) is 0 Å². The van der Waals surface area contributed by atoms with Crippen molar-refractivity contribution in [1.29, 1.82) is 0 Å². The third-order valence-corrected chi connectivity index (χ3v) is 8.78. The molecule has 1 atom stereocenters. The van der Waals surface area contributed by atoms with Crippen molar-refractivity contribution in [2.24, 2.45) is 4.99 Å². The number of carboxylic acids is 1. The fraction of sp³-hybridized carbons (Fsp3) is 0.118. The number of thiazole rings is 1. The van der Waals surface area contributed by atoms with Crippen molar-refractivity contribution < 1.29 is 33.3 Å². The highest BCUT2D eigenvalue weighted by Crippen LogP contribution is 2.40. The lowest BCUT2D eigenvalue weighted by atomic mass is 9.93. The van der Waals surface area contributed by atoms with E-state index in [1.54, 1.807) is 43.3 Å². The molecule has 0 bridgehead atoms. The summed E-state index contributed by atoms with van der Waals surface area (Å²) in [5.74, 6) is 0.0301. The lowest BCUT2D eigenvalue weighted by molar-refractivity contribution is -0.138. The second-order valence-corrected chi connectivity index (χ2v) is 11.7. The number of nitrogens with zero attached hydrogens (tertiary/aromatic N) is 2. The fourth-order valence-electron chi connectivity index (χ4n) is 5.39. The van der Waals surface area contributed by atoms with Crippen molar-refractivity contribution in [3.63, 3.8) is 0 Å². The summed E-state index contributed by atoms with van der Waals surface area (Å²) in [6.07, 6.45) is 1.58. The number of carboxylic acid groups (broad SMARTS) is 1. The zero-order valence-corrected chi connectivity index (χ0v) is 25.6. The standard InChI is InChI=1S/C34H23ClN2O8S/c1-2-42-33(41)28-29(18-6-4-3-5-7-18)36-34-37(30(28)19-9-12-25-26(15-19)44-17-43-25)31(38)27(46-34)16-21-10-13-24(45-21)22-14-20(32(39)40)8-11-23(22)35/h3-16,30H,2,17H2,1H3,(H,39,40)/b27-16-/t30-/m0/s1. The number of carbonyl (C=O) groups is 2. The number of fused-ring (bicyclic) bond motifs is 2. The number of carbonyl (C=O) groups excluding carboxylic acids is 1.